The van der Waals surface area contributed by atoms with Crippen LogP contribution < -0.4 is 5.73 Å². The van der Waals surface area contributed by atoms with Gasteiger partial charge in [0.15, 0.2) is 11.5 Å². The van der Waals surface area contributed by atoms with Gasteiger partial charge in [-0.25, -0.2) is 15.0 Å². The Kier molecular flexibility index (Phi) is 3.72. The fourth-order valence-electron chi connectivity index (χ4n) is 3.03. The number of amides is 1. The molecule has 2 aromatic heterocycles. The van der Waals surface area contributed by atoms with Crippen molar-refractivity contribution in [2.45, 2.75) is 51.7 Å². The van der Waals surface area contributed by atoms with E-state index in [0.29, 0.717) is 29.7 Å². The molecule has 1 fully saturated rings. The number of carbonyl (C=O) groups excluding carboxylic acids is 1. The van der Waals surface area contributed by atoms with E-state index in [9.17, 15) is 4.79 Å². The van der Waals surface area contributed by atoms with Crippen molar-refractivity contribution in [2.75, 3.05) is 5.73 Å². The molecular weight excluding hydrogens is 268 g/mol. The Bertz CT molecular complexity index is 646. The van der Waals surface area contributed by atoms with E-state index in [-0.39, 0.29) is 5.91 Å². The van der Waals surface area contributed by atoms with E-state index in [0.717, 1.165) is 12.8 Å². The number of imidazole rings is 1. The van der Waals surface area contributed by atoms with Gasteiger partial charge in [-0.1, -0.05) is 19.3 Å². The molecule has 7 nitrogen and oxygen atoms in total. The summed E-state index contributed by atoms with van der Waals surface area (Å²) < 4.78 is 1.86. The lowest BCUT2D eigenvalue weighted by atomic mass is 9.94. The summed E-state index contributed by atoms with van der Waals surface area (Å²) >= 11 is 0. The molecule has 0 aromatic carbocycles. The molecule has 7 heteroatoms. The number of rotatable bonds is 3. The van der Waals surface area contributed by atoms with Gasteiger partial charge in [-0.3, -0.25) is 9.36 Å². The van der Waals surface area contributed by atoms with Crippen molar-refractivity contribution in [1.82, 2.24) is 24.4 Å². The highest BCUT2D eigenvalue weighted by atomic mass is 16.2. The monoisotopic (exact) mass is 288 g/mol. The molecule has 21 heavy (non-hydrogen) atoms. The summed E-state index contributed by atoms with van der Waals surface area (Å²) in [5.41, 5.74) is 7.05. The second-order valence-corrected chi connectivity index (χ2v) is 5.57. The summed E-state index contributed by atoms with van der Waals surface area (Å²) in [6, 6.07) is 0.313. The highest BCUT2D eigenvalue weighted by molar-refractivity contribution is 5.81. The number of aromatic nitrogens is 4. The van der Waals surface area contributed by atoms with Gasteiger partial charge in [0.05, 0.1) is 6.33 Å². The Labute approximate surface area is 123 Å². The molecule has 3 rings (SSSR count). The first kappa shape index (κ1) is 13.8. The van der Waals surface area contributed by atoms with E-state index in [1.165, 1.54) is 25.6 Å². The molecule has 1 saturated carbocycles. The predicted octanol–water partition coefficient (Wildman–Crippen LogP) is 1.55. The highest BCUT2D eigenvalue weighted by Gasteiger charge is 2.24. The summed E-state index contributed by atoms with van der Waals surface area (Å²) in [7, 11) is 0. The second kappa shape index (κ2) is 5.67. The van der Waals surface area contributed by atoms with Gasteiger partial charge in [-0.05, 0) is 12.8 Å². The van der Waals surface area contributed by atoms with E-state index >= 15 is 0 Å². The molecule has 0 radical (unpaired) electrons. The summed E-state index contributed by atoms with van der Waals surface area (Å²) in [5, 5.41) is 0. The third-order valence-corrected chi connectivity index (χ3v) is 4.15. The van der Waals surface area contributed by atoms with E-state index < -0.39 is 0 Å². The van der Waals surface area contributed by atoms with Crippen LogP contribution in [-0.2, 0) is 11.5 Å². The maximum atomic E-state index is 12.0. The third-order valence-electron chi connectivity index (χ3n) is 4.15. The molecular formula is C14H20N6O. The fourth-order valence-corrected chi connectivity index (χ4v) is 3.03. The van der Waals surface area contributed by atoms with Crippen LogP contribution in [-0.4, -0.2) is 36.4 Å². The van der Waals surface area contributed by atoms with Gasteiger partial charge in [0, 0.05) is 13.0 Å². The number of hydrogen-bond acceptors (Lipinski definition) is 5. The molecule has 1 aliphatic rings. The smallest absolute Gasteiger partial charge is 0.221 e. The van der Waals surface area contributed by atoms with Crippen LogP contribution in [0.3, 0.4) is 0 Å². The topological polar surface area (TPSA) is 89.9 Å². The molecule has 0 aliphatic heterocycles. The van der Waals surface area contributed by atoms with Crippen molar-refractivity contribution in [2.24, 2.45) is 0 Å². The molecule has 0 atom stereocenters. The minimum absolute atomic E-state index is 0.0887. The quantitative estimate of drug-likeness (QED) is 0.925. The van der Waals surface area contributed by atoms with E-state index in [4.69, 9.17) is 5.73 Å². The molecule has 2 N–H and O–H groups in total. The van der Waals surface area contributed by atoms with Crippen LogP contribution in [0.5, 0.6) is 0 Å². The van der Waals surface area contributed by atoms with Gasteiger partial charge >= 0.3 is 0 Å². The first-order valence-electron chi connectivity index (χ1n) is 7.35. The Morgan fingerprint density at radius 1 is 1.33 bits per heavy atom. The number of nitrogen functional groups attached to an aromatic ring is 1. The first-order chi connectivity index (χ1) is 10.2. The van der Waals surface area contributed by atoms with Crippen LogP contribution in [0.2, 0.25) is 0 Å². The number of nitrogens with two attached hydrogens (primary N) is 1. The normalized spacial score (nSPS) is 16.2. The number of carbonyl (C=O) groups is 1. The number of nitrogens with zero attached hydrogens (tertiary/aromatic N) is 5. The number of hydrogen-bond donors (Lipinski definition) is 1. The molecule has 0 spiro atoms. The minimum atomic E-state index is 0.0887. The summed E-state index contributed by atoms with van der Waals surface area (Å²) in [4.78, 5) is 26.3. The Hall–Kier alpha value is -2.18. The Morgan fingerprint density at radius 2 is 2.10 bits per heavy atom. The van der Waals surface area contributed by atoms with Crippen LogP contribution in [0.15, 0.2) is 12.7 Å². The van der Waals surface area contributed by atoms with Gasteiger partial charge in [0.25, 0.3) is 0 Å². The van der Waals surface area contributed by atoms with Crippen molar-refractivity contribution in [3.05, 3.63) is 12.7 Å². The molecule has 1 amide bonds. The first-order valence-corrected chi connectivity index (χ1v) is 7.35. The van der Waals surface area contributed by atoms with Gasteiger partial charge in [-0.2, -0.15) is 0 Å². The molecule has 2 heterocycles. The summed E-state index contributed by atoms with van der Waals surface area (Å²) in [5.74, 6) is 0.455. The van der Waals surface area contributed by atoms with Gasteiger partial charge in [0.2, 0.25) is 5.91 Å². The average Bonchev–Trinajstić information content (AvgIpc) is 2.90. The molecule has 1 aliphatic carbocycles. The Morgan fingerprint density at radius 3 is 2.81 bits per heavy atom. The van der Waals surface area contributed by atoms with Crippen molar-refractivity contribution in [3.8, 4) is 0 Å². The van der Waals surface area contributed by atoms with Gasteiger partial charge < -0.3 is 10.6 Å². The van der Waals surface area contributed by atoms with Crippen LogP contribution >= 0.6 is 0 Å². The average molecular weight is 288 g/mol. The molecule has 112 valence electrons. The largest absolute Gasteiger partial charge is 0.382 e. The summed E-state index contributed by atoms with van der Waals surface area (Å²) in [6.45, 7) is 2.09. The second-order valence-electron chi connectivity index (χ2n) is 5.57. The van der Waals surface area contributed by atoms with Crippen LogP contribution in [0, 0.1) is 0 Å². The van der Waals surface area contributed by atoms with E-state index in [1.807, 2.05) is 9.47 Å². The van der Waals surface area contributed by atoms with E-state index in [1.54, 1.807) is 13.3 Å². The molecule has 0 bridgehead atoms. The van der Waals surface area contributed by atoms with Crippen LogP contribution in [0.1, 0.15) is 39.0 Å². The maximum absolute atomic E-state index is 12.0. The van der Waals surface area contributed by atoms with Crippen LogP contribution in [0.25, 0.3) is 11.2 Å². The lowest BCUT2D eigenvalue weighted by Gasteiger charge is -2.33. The Balaban J connectivity index is 1.87. The lowest BCUT2D eigenvalue weighted by molar-refractivity contribution is -0.133. The zero-order valence-electron chi connectivity index (χ0n) is 12.2. The number of fused-ring (bicyclic) bond motifs is 1. The highest BCUT2D eigenvalue weighted by Crippen LogP contribution is 2.24. The summed E-state index contributed by atoms with van der Waals surface area (Å²) in [6.07, 6.45) is 8.89. The van der Waals surface area contributed by atoms with Gasteiger partial charge in [0.1, 0.15) is 18.5 Å². The van der Waals surface area contributed by atoms with E-state index in [2.05, 4.69) is 15.0 Å². The standard InChI is InChI=1S/C14H20N6O/c1-10(21)20(11-5-3-2-4-6-11)9-19-8-18-12-13(15)16-7-17-14(12)19/h7-8,11H,2-6,9H2,1H3,(H2,15,16,17). The van der Waals surface area contributed by atoms with Crippen molar-refractivity contribution in [3.63, 3.8) is 0 Å². The predicted molar refractivity (Wildman–Crippen MR) is 79.1 cm³/mol. The van der Waals surface area contributed by atoms with Crippen molar-refractivity contribution in [1.29, 1.82) is 0 Å². The SMILES string of the molecule is CC(=O)N(Cn1cnc2c(N)ncnc21)C1CCCCC1. The van der Waals surface area contributed by atoms with Crippen molar-refractivity contribution >= 4 is 22.9 Å². The lowest BCUT2D eigenvalue weighted by Crippen LogP contribution is -2.41. The maximum Gasteiger partial charge on any atom is 0.221 e. The zero-order valence-corrected chi connectivity index (χ0v) is 12.2. The fraction of sp³-hybridized carbons (Fsp3) is 0.571. The molecule has 2 aromatic rings. The van der Waals surface area contributed by atoms with Gasteiger partial charge in [-0.15, -0.1) is 0 Å². The minimum Gasteiger partial charge on any atom is -0.382 e. The molecule has 0 saturated heterocycles. The number of anilines is 1. The zero-order chi connectivity index (χ0) is 14.8. The van der Waals surface area contributed by atoms with Crippen LogP contribution in [0.4, 0.5) is 5.82 Å². The molecule has 0 unspecified atom stereocenters. The van der Waals surface area contributed by atoms with Crippen molar-refractivity contribution < 1.29 is 4.79 Å². The third kappa shape index (κ3) is 2.68.